The maximum absolute atomic E-state index is 13.1. The molecule has 106 valence electrons. The van der Waals surface area contributed by atoms with E-state index in [1.54, 1.807) is 4.90 Å². The highest BCUT2D eigenvalue weighted by molar-refractivity contribution is 6.33. The van der Waals surface area contributed by atoms with E-state index in [1.807, 2.05) is 6.92 Å². The summed E-state index contributed by atoms with van der Waals surface area (Å²) in [6.07, 6.45) is 2.49. The smallest absolute Gasteiger partial charge is 0.255 e. The van der Waals surface area contributed by atoms with Gasteiger partial charge in [-0.15, -0.1) is 0 Å². The fourth-order valence-electron chi connectivity index (χ4n) is 2.31. The molecule has 0 unspecified atom stereocenters. The zero-order valence-electron chi connectivity index (χ0n) is 11.3. The number of carbonyl (C=O) groups excluding carboxylic acids is 1. The van der Waals surface area contributed by atoms with Crippen molar-refractivity contribution in [2.24, 2.45) is 5.92 Å². The van der Waals surface area contributed by atoms with Crippen LogP contribution in [-0.4, -0.2) is 23.4 Å². The molecule has 0 saturated heterocycles. The molecule has 5 heteroatoms. The summed E-state index contributed by atoms with van der Waals surface area (Å²) < 4.78 is 13.1. The van der Waals surface area contributed by atoms with Gasteiger partial charge in [-0.05, 0) is 43.9 Å². The van der Waals surface area contributed by atoms with Gasteiger partial charge in [0.2, 0.25) is 0 Å². The van der Waals surface area contributed by atoms with Crippen molar-refractivity contribution in [3.63, 3.8) is 0 Å². The molecular weight excluding hydrogens is 279 g/mol. The van der Waals surface area contributed by atoms with Crippen LogP contribution < -0.4 is 0 Å². The van der Waals surface area contributed by atoms with Gasteiger partial charge in [0.25, 0.3) is 5.91 Å². The lowest BCUT2D eigenvalue weighted by Gasteiger charge is -2.29. The van der Waals surface area contributed by atoms with Crippen LogP contribution in [0.15, 0.2) is 18.2 Å². The molecule has 0 heterocycles. The third-order valence-electron chi connectivity index (χ3n) is 3.68. The van der Waals surface area contributed by atoms with Crippen LogP contribution in [0.3, 0.4) is 0 Å². The Kier molecular flexibility index (Phi) is 4.61. The zero-order chi connectivity index (χ0) is 14.7. The van der Waals surface area contributed by atoms with Crippen molar-refractivity contribution in [3.8, 4) is 6.07 Å². The van der Waals surface area contributed by atoms with Crippen LogP contribution in [0.25, 0.3) is 0 Å². The molecule has 1 aromatic rings. The molecular formula is C15H16ClFN2O. The third kappa shape index (κ3) is 3.29. The first-order valence-electron chi connectivity index (χ1n) is 6.67. The largest absolute Gasteiger partial charge is 0.335 e. The summed E-state index contributed by atoms with van der Waals surface area (Å²) in [5, 5.41) is 8.84. The summed E-state index contributed by atoms with van der Waals surface area (Å²) in [5.41, 5.74) is 0.290. The van der Waals surface area contributed by atoms with E-state index < -0.39 is 5.82 Å². The van der Waals surface area contributed by atoms with Crippen LogP contribution in [0, 0.1) is 23.1 Å². The Hall–Kier alpha value is -1.60. The number of carbonyl (C=O) groups is 1. The van der Waals surface area contributed by atoms with Gasteiger partial charge in [-0.25, -0.2) is 4.39 Å². The number of hydrogen-bond donors (Lipinski definition) is 0. The Morgan fingerprint density at radius 2 is 2.30 bits per heavy atom. The predicted octanol–water partition coefficient (Wildman–Crippen LogP) is 3.63. The highest BCUT2D eigenvalue weighted by Gasteiger charge is 2.34. The summed E-state index contributed by atoms with van der Waals surface area (Å²) >= 11 is 5.95. The average Bonchev–Trinajstić information content (AvgIpc) is 3.22. The molecule has 0 N–H and O–H groups in total. The number of halogens is 2. The summed E-state index contributed by atoms with van der Waals surface area (Å²) in [6, 6.07) is 5.90. The number of amides is 1. The van der Waals surface area contributed by atoms with E-state index in [-0.39, 0.29) is 23.4 Å². The Labute approximate surface area is 122 Å². The molecule has 1 aliphatic rings. The van der Waals surface area contributed by atoms with Gasteiger partial charge < -0.3 is 4.90 Å². The fourth-order valence-corrected chi connectivity index (χ4v) is 2.56. The fraction of sp³-hybridized carbons (Fsp3) is 0.467. The van der Waals surface area contributed by atoms with E-state index in [1.165, 1.54) is 12.1 Å². The van der Waals surface area contributed by atoms with Gasteiger partial charge in [0.1, 0.15) is 5.82 Å². The molecule has 2 rings (SSSR count). The number of hydrogen-bond acceptors (Lipinski definition) is 2. The minimum atomic E-state index is -0.467. The molecule has 1 saturated carbocycles. The molecule has 3 nitrogen and oxygen atoms in total. The zero-order valence-corrected chi connectivity index (χ0v) is 12.0. The van der Waals surface area contributed by atoms with Crippen LogP contribution in [-0.2, 0) is 0 Å². The summed E-state index contributed by atoms with van der Waals surface area (Å²) in [5.74, 6) is -0.202. The van der Waals surface area contributed by atoms with Crippen molar-refractivity contribution in [1.82, 2.24) is 4.90 Å². The number of rotatable bonds is 5. The van der Waals surface area contributed by atoms with Crippen LogP contribution in [0.4, 0.5) is 4.39 Å². The van der Waals surface area contributed by atoms with Gasteiger partial charge in [-0.1, -0.05) is 11.6 Å². The maximum Gasteiger partial charge on any atom is 0.255 e. The molecule has 0 bridgehead atoms. The molecule has 0 aromatic heterocycles. The normalized spacial score (nSPS) is 15.5. The van der Waals surface area contributed by atoms with Crippen LogP contribution >= 0.6 is 11.6 Å². The van der Waals surface area contributed by atoms with E-state index in [4.69, 9.17) is 16.9 Å². The number of nitrogens with zero attached hydrogens (tertiary/aromatic N) is 2. The van der Waals surface area contributed by atoms with Crippen LogP contribution in [0.5, 0.6) is 0 Å². The summed E-state index contributed by atoms with van der Waals surface area (Å²) in [7, 11) is 0. The van der Waals surface area contributed by atoms with Gasteiger partial charge in [0.05, 0.1) is 23.1 Å². The second kappa shape index (κ2) is 6.23. The molecule has 1 aliphatic carbocycles. The molecule has 1 atom stereocenters. The first-order valence-corrected chi connectivity index (χ1v) is 7.05. The van der Waals surface area contributed by atoms with Crippen molar-refractivity contribution in [2.75, 3.05) is 6.54 Å². The minimum Gasteiger partial charge on any atom is -0.335 e. The third-order valence-corrected chi connectivity index (χ3v) is 4.00. The lowest BCUT2D eigenvalue weighted by Crippen LogP contribution is -2.40. The van der Waals surface area contributed by atoms with Crippen molar-refractivity contribution in [3.05, 3.63) is 34.6 Å². The van der Waals surface area contributed by atoms with Gasteiger partial charge in [-0.3, -0.25) is 4.79 Å². The lowest BCUT2D eigenvalue weighted by atomic mass is 10.1. The van der Waals surface area contributed by atoms with Gasteiger partial charge in [-0.2, -0.15) is 5.26 Å². The van der Waals surface area contributed by atoms with Crippen molar-refractivity contribution >= 4 is 17.5 Å². The van der Waals surface area contributed by atoms with Crippen LogP contribution in [0.2, 0.25) is 5.02 Å². The molecule has 0 aliphatic heterocycles. The van der Waals surface area contributed by atoms with Gasteiger partial charge in [0.15, 0.2) is 0 Å². The second-order valence-corrected chi connectivity index (χ2v) is 5.52. The Morgan fingerprint density at radius 1 is 1.60 bits per heavy atom. The number of nitriles is 1. The van der Waals surface area contributed by atoms with E-state index in [0.29, 0.717) is 18.0 Å². The molecule has 20 heavy (non-hydrogen) atoms. The van der Waals surface area contributed by atoms with Crippen molar-refractivity contribution < 1.29 is 9.18 Å². The first kappa shape index (κ1) is 14.8. The standard InChI is InChI=1S/C15H16ClFN2O/c1-10(11-3-4-11)19(8-2-7-18)15(20)13-6-5-12(17)9-14(13)16/h5-6,9-11H,2-4,8H2,1H3/t10-/m1/s1. The lowest BCUT2D eigenvalue weighted by molar-refractivity contribution is 0.0677. The van der Waals surface area contributed by atoms with Crippen molar-refractivity contribution in [1.29, 1.82) is 5.26 Å². The van der Waals surface area contributed by atoms with Gasteiger partial charge >= 0.3 is 0 Å². The second-order valence-electron chi connectivity index (χ2n) is 5.11. The summed E-state index contributed by atoms with van der Waals surface area (Å²) in [6.45, 7) is 2.37. The van der Waals surface area contributed by atoms with E-state index in [2.05, 4.69) is 6.07 Å². The Balaban J connectivity index is 2.22. The topological polar surface area (TPSA) is 44.1 Å². The summed E-state index contributed by atoms with van der Waals surface area (Å²) in [4.78, 5) is 14.2. The highest BCUT2D eigenvalue weighted by atomic mass is 35.5. The molecule has 1 amide bonds. The molecule has 0 spiro atoms. The Bertz CT molecular complexity index is 551. The minimum absolute atomic E-state index is 0.0805. The monoisotopic (exact) mass is 294 g/mol. The van der Waals surface area contributed by atoms with E-state index >= 15 is 0 Å². The SMILES string of the molecule is C[C@H](C1CC1)N(CCC#N)C(=O)c1ccc(F)cc1Cl. The van der Waals surface area contributed by atoms with E-state index in [9.17, 15) is 9.18 Å². The van der Waals surface area contributed by atoms with Crippen LogP contribution in [0.1, 0.15) is 36.5 Å². The first-order chi connectivity index (χ1) is 9.54. The van der Waals surface area contributed by atoms with Gasteiger partial charge in [0, 0.05) is 12.6 Å². The molecule has 1 fully saturated rings. The molecule has 0 radical (unpaired) electrons. The predicted molar refractivity (Wildman–Crippen MR) is 74.9 cm³/mol. The average molecular weight is 295 g/mol. The highest BCUT2D eigenvalue weighted by Crippen LogP contribution is 2.36. The Morgan fingerprint density at radius 3 is 2.85 bits per heavy atom. The molecule has 1 aromatic carbocycles. The quantitative estimate of drug-likeness (QED) is 0.832. The van der Waals surface area contributed by atoms with Crippen molar-refractivity contribution in [2.45, 2.75) is 32.2 Å². The van der Waals surface area contributed by atoms with E-state index in [0.717, 1.165) is 18.9 Å². The number of benzene rings is 1. The maximum atomic E-state index is 13.1.